The van der Waals surface area contributed by atoms with Crippen LogP contribution in [0.1, 0.15) is 25.0 Å². The summed E-state index contributed by atoms with van der Waals surface area (Å²) in [5.41, 5.74) is 2.51. The van der Waals surface area contributed by atoms with Crippen LogP contribution < -0.4 is 10.1 Å². The Hall–Kier alpha value is -1.80. The summed E-state index contributed by atoms with van der Waals surface area (Å²) < 4.78 is 5.85. The molecule has 0 aromatic heterocycles. The van der Waals surface area contributed by atoms with Gasteiger partial charge in [0.25, 0.3) is 0 Å². The summed E-state index contributed by atoms with van der Waals surface area (Å²) in [4.78, 5) is 0. The molecule has 2 N–H and O–H groups in total. The molecule has 0 atom stereocenters. The number of ether oxygens (including phenoxy) is 1. The molecule has 0 amide bonds. The van der Waals surface area contributed by atoms with Gasteiger partial charge in [0.1, 0.15) is 18.9 Å². The van der Waals surface area contributed by atoms with Crippen molar-refractivity contribution in [3.63, 3.8) is 0 Å². The molecule has 2 nitrogen and oxygen atoms in total. The Bertz CT molecular complexity index is 508. The predicted octanol–water partition coefficient (Wildman–Crippen LogP) is 2.99. The number of nitrogens with two attached hydrogens (primary N) is 1. The fourth-order valence-electron chi connectivity index (χ4n) is 2.09. The van der Waals surface area contributed by atoms with Gasteiger partial charge in [0.2, 0.25) is 0 Å². The molecule has 2 heteroatoms. The van der Waals surface area contributed by atoms with E-state index in [1.54, 1.807) is 0 Å². The van der Waals surface area contributed by atoms with Crippen LogP contribution in [0.15, 0.2) is 54.6 Å². The van der Waals surface area contributed by atoms with Crippen LogP contribution in [0.5, 0.6) is 5.75 Å². The molecule has 2 rings (SSSR count). The average Bonchev–Trinajstić information content (AvgIpc) is 2.46. The van der Waals surface area contributed by atoms with Gasteiger partial charge >= 0.3 is 0 Å². The van der Waals surface area contributed by atoms with Gasteiger partial charge in [-0.2, -0.15) is 0 Å². The van der Waals surface area contributed by atoms with Gasteiger partial charge in [-0.3, -0.25) is 0 Å². The van der Waals surface area contributed by atoms with Gasteiger partial charge in [-0.25, -0.2) is 0 Å². The van der Waals surface area contributed by atoms with Crippen LogP contribution in [0.4, 0.5) is 0 Å². The monoisotopic (exact) mass is 270 g/mol. The Labute approximate surface area is 121 Å². The van der Waals surface area contributed by atoms with E-state index in [0.29, 0.717) is 6.61 Å². The second-order valence-corrected chi connectivity index (χ2v) is 5.54. The fraction of sp³-hybridized carbons (Fsp3) is 0.333. The van der Waals surface area contributed by atoms with Crippen molar-refractivity contribution in [3.8, 4) is 5.75 Å². The first-order chi connectivity index (χ1) is 9.74. The van der Waals surface area contributed by atoms with Gasteiger partial charge in [0, 0.05) is 11.5 Å². The maximum absolute atomic E-state index is 5.85. The number of hydrogen-bond donors (Lipinski definition) is 1. The SMILES string of the molecule is CC(C)C[NH2+]Cc1cccc(OCc2ccccc2)c1. The summed E-state index contributed by atoms with van der Waals surface area (Å²) in [6.07, 6.45) is 0. The summed E-state index contributed by atoms with van der Waals surface area (Å²) in [5.74, 6) is 1.68. The Morgan fingerprint density at radius 3 is 2.45 bits per heavy atom. The van der Waals surface area contributed by atoms with Crippen molar-refractivity contribution in [2.45, 2.75) is 27.0 Å². The van der Waals surface area contributed by atoms with E-state index in [1.807, 2.05) is 24.3 Å². The highest BCUT2D eigenvalue weighted by Crippen LogP contribution is 2.14. The van der Waals surface area contributed by atoms with Crippen molar-refractivity contribution in [3.05, 3.63) is 65.7 Å². The molecule has 2 aromatic rings. The van der Waals surface area contributed by atoms with Gasteiger partial charge in [0.05, 0.1) is 6.54 Å². The maximum atomic E-state index is 5.85. The van der Waals surface area contributed by atoms with Crippen LogP contribution in [0, 0.1) is 5.92 Å². The van der Waals surface area contributed by atoms with Crippen molar-refractivity contribution < 1.29 is 10.1 Å². The predicted molar refractivity (Wildman–Crippen MR) is 82.6 cm³/mol. The quantitative estimate of drug-likeness (QED) is 0.822. The largest absolute Gasteiger partial charge is 0.489 e. The first-order valence-electron chi connectivity index (χ1n) is 7.31. The second-order valence-electron chi connectivity index (χ2n) is 5.54. The summed E-state index contributed by atoms with van der Waals surface area (Å²) in [5, 5.41) is 2.35. The van der Waals surface area contributed by atoms with Crippen LogP contribution in [-0.4, -0.2) is 6.54 Å². The zero-order chi connectivity index (χ0) is 14.2. The summed E-state index contributed by atoms with van der Waals surface area (Å²) in [6.45, 7) is 7.29. The third-order valence-corrected chi connectivity index (χ3v) is 3.16. The van der Waals surface area contributed by atoms with Crippen molar-refractivity contribution in [1.29, 1.82) is 0 Å². The van der Waals surface area contributed by atoms with Crippen molar-refractivity contribution >= 4 is 0 Å². The lowest BCUT2D eigenvalue weighted by Gasteiger charge is -2.08. The second kappa shape index (κ2) is 7.71. The summed E-state index contributed by atoms with van der Waals surface area (Å²) in [7, 11) is 0. The van der Waals surface area contributed by atoms with E-state index in [4.69, 9.17) is 4.74 Å². The molecule has 0 radical (unpaired) electrons. The molecule has 0 saturated heterocycles. The molecule has 0 spiro atoms. The molecule has 0 unspecified atom stereocenters. The first kappa shape index (κ1) is 14.6. The molecular weight excluding hydrogens is 246 g/mol. The minimum atomic E-state index is 0.625. The van der Waals surface area contributed by atoms with E-state index in [-0.39, 0.29) is 0 Å². The molecule has 0 aliphatic rings. The van der Waals surface area contributed by atoms with E-state index in [9.17, 15) is 0 Å². The van der Waals surface area contributed by atoms with Crippen molar-refractivity contribution in [1.82, 2.24) is 0 Å². The highest BCUT2D eigenvalue weighted by Gasteiger charge is 2.01. The lowest BCUT2D eigenvalue weighted by atomic mass is 10.2. The maximum Gasteiger partial charge on any atom is 0.120 e. The van der Waals surface area contributed by atoms with Crippen LogP contribution in [0.2, 0.25) is 0 Å². The topological polar surface area (TPSA) is 25.8 Å². The third kappa shape index (κ3) is 5.06. The Balaban J connectivity index is 1.86. The molecule has 106 valence electrons. The highest BCUT2D eigenvalue weighted by molar-refractivity contribution is 5.28. The molecule has 0 aliphatic heterocycles. The molecule has 0 fully saturated rings. The van der Waals surface area contributed by atoms with E-state index >= 15 is 0 Å². The molecule has 0 heterocycles. The molecule has 20 heavy (non-hydrogen) atoms. The molecule has 0 saturated carbocycles. The number of quaternary nitrogens is 1. The van der Waals surface area contributed by atoms with Gasteiger partial charge in [-0.15, -0.1) is 0 Å². The van der Waals surface area contributed by atoms with Crippen LogP contribution >= 0.6 is 0 Å². The van der Waals surface area contributed by atoms with Crippen molar-refractivity contribution in [2.75, 3.05) is 6.54 Å². The Morgan fingerprint density at radius 2 is 1.70 bits per heavy atom. The van der Waals surface area contributed by atoms with Gasteiger partial charge in [-0.05, 0) is 17.7 Å². The lowest BCUT2D eigenvalue weighted by molar-refractivity contribution is -0.675. The van der Waals surface area contributed by atoms with Gasteiger partial charge in [0.15, 0.2) is 0 Å². The van der Waals surface area contributed by atoms with E-state index in [2.05, 4.69) is 49.5 Å². The van der Waals surface area contributed by atoms with Crippen LogP contribution in [-0.2, 0) is 13.2 Å². The smallest absolute Gasteiger partial charge is 0.120 e. The average molecular weight is 270 g/mol. The molecule has 0 aliphatic carbocycles. The van der Waals surface area contributed by atoms with Crippen LogP contribution in [0.3, 0.4) is 0 Å². The lowest BCUT2D eigenvalue weighted by Crippen LogP contribution is -2.83. The number of rotatable bonds is 7. The summed E-state index contributed by atoms with van der Waals surface area (Å²) >= 11 is 0. The zero-order valence-electron chi connectivity index (χ0n) is 12.4. The van der Waals surface area contributed by atoms with Crippen molar-refractivity contribution in [2.24, 2.45) is 5.92 Å². The van der Waals surface area contributed by atoms with E-state index in [1.165, 1.54) is 11.1 Å². The Morgan fingerprint density at radius 1 is 0.950 bits per heavy atom. The van der Waals surface area contributed by atoms with Gasteiger partial charge in [-0.1, -0.05) is 56.3 Å². The zero-order valence-corrected chi connectivity index (χ0v) is 12.4. The molecule has 0 bridgehead atoms. The Kier molecular flexibility index (Phi) is 5.63. The fourth-order valence-corrected chi connectivity index (χ4v) is 2.09. The minimum absolute atomic E-state index is 0.625. The normalized spacial score (nSPS) is 10.8. The van der Waals surface area contributed by atoms with E-state index in [0.717, 1.165) is 24.8 Å². The standard InChI is InChI=1S/C18H23NO/c1-15(2)12-19-13-17-9-6-10-18(11-17)20-14-16-7-4-3-5-8-16/h3-11,15,19H,12-14H2,1-2H3/p+1. The first-order valence-corrected chi connectivity index (χ1v) is 7.31. The van der Waals surface area contributed by atoms with Gasteiger partial charge < -0.3 is 10.1 Å². The third-order valence-electron chi connectivity index (χ3n) is 3.16. The molecular formula is C18H24NO+. The summed E-state index contributed by atoms with van der Waals surface area (Å²) in [6, 6.07) is 18.7. The van der Waals surface area contributed by atoms with Crippen LogP contribution in [0.25, 0.3) is 0 Å². The highest BCUT2D eigenvalue weighted by atomic mass is 16.5. The molecule has 2 aromatic carbocycles. The van der Waals surface area contributed by atoms with E-state index < -0.39 is 0 Å². The minimum Gasteiger partial charge on any atom is -0.489 e. The number of benzene rings is 2. The number of hydrogen-bond acceptors (Lipinski definition) is 1.